The lowest BCUT2D eigenvalue weighted by Crippen LogP contribution is -2.34. The maximum atomic E-state index is 12.5. The Morgan fingerprint density at radius 1 is 1.10 bits per heavy atom. The SMILES string of the molecule is Cc1cn(CC(=O)N2CCCCCC2)c2ccccc12. The van der Waals surface area contributed by atoms with Gasteiger partial charge in [-0.1, -0.05) is 31.0 Å². The van der Waals surface area contributed by atoms with Gasteiger partial charge in [0.25, 0.3) is 0 Å². The summed E-state index contributed by atoms with van der Waals surface area (Å²) in [5.41, 5.74) is 2.40. The molecule has 1 fully saturated rings. The maximum Gasteiger partial charge on any atom is 0.242 e. The second kappa shape index (κ2) is 5.70. The first kappa shape index (κ1) is 13.2. The minimum atomic E-state index is 0.257. The highest BCUT2D eigenvalue weighted by Crippen LogP contribution is 2.20. The molecule has 0 bridgehead atoms. The van der Waals surface area contributed by atoms with Gasteiger partial charge in [-0.05, 0) is 31.4 Å². The van der Waals surface area contributed by atoms with Gasteiger partial charge < -0.3 is 9.47 Å². The number of hydrogen-bond acceptors (Lipinski definition) is 1. The average Bonchev–Trinajstić information content (AvgIpc) is 2.67. The van der Waals surface area contributed by atoms with Crippen LogP contribution in [0.5, 0.6) is 0 Å². The van der Waals surface area contributed by atoms with Crippen LogP contribution in [0.2, 0.25) is 0 Å². The van der Waals surface area contributed by atoms with Gasteiger partial charge in [-0.3, -0.25) is 4.79 Å². The van der Waals surface area contributed by atoms with Crippen LogP contribution >= 0.6 is 0 Å². The van der Waals surface area contributed by atoms with E-state index in [2.05, 4.69) is 35.9 Å². The topological polar surface area (TPSA) is 25.2 Å². The van der Waals surface area contributed by atoms with Crippen molar-refractivity contribution in [2.45, 2.75) is 39.2 Å². The van der Waals surface area contributed by atoms with E-state index in [1.807, 2.05) is 11.0 Å². The van der Waals surface area contributed by atoms with Crippen LogP contribution in [0.3, 0.4) is 0 Å². The molecule has 1 saturated heterocycles. The molecule has 2 heterocycles. The van der Waals surface area contributed by atoms with E-state index in [0.717, 1.165) is 31.4 Å². The molecule has 1 amide bonds. The Balaban J connectivity index is 1.80. The number of aromatic nitrogens is 1. The van der Waals surface area contributed by atoms with Crippen molar-refractivity contribution < 1.29 is 4.79 Å². The van der Waals surface area contributed by atoms with E-state index in [0.29, 0.717) is 6.54 Å². The highest BCUT2D eigenvalue weighted by atomic mass is 16.2. The lowest BCUT2D eigenvalue weighted by atomic mass is 10.2. The highest BCUT2D eigenvalue weighted by molar-refractivity contribution is 5.86. The second-order valence-electron chi connectivity index (χ2n) is 5.75. The fraction of sp³-hybridized carbons (Fsp3) is 0.471. The van der Waals surface area contributed by atoms with E-state index in [4.69, 9.17) is 0 Å². The van der Waals surface area contributed by atoms with Gasteiger partial charge in [0.05, 0.1) is 0 Å². The van der Waals surface area contributed by atoms with E-state index in [-0.39, 0.29) is 5.91 Å². The molecule has 3 rings (SSSR count). The second-order valence-corrected chi connectivity index (χ2v) is 5.75. The monoisotopic (exact) mass is 270 g/mol. The summed E-state index contributed by atoms with van der Waals surface area (Å²) in [6.45, 7) is 4.43. The zero-order valence-electron chi connectivity index (χ0n) is 12.1. The molecule has 1 aliphatic rings. The molecule has 0 aliphatic carbocycles. The summed E-state index contributed by atoms with van der Waals surface area (Å²) < 4.78 is 2.10. The Kier molecular flexibility index (Phi) is 3.77. The molecule has 0 atom stereocenters. The van der Waals surface area contributed by atoms with Crippen LogP contribution in [0.4, 0.5) is 0 Å². The van der Waals surface area contributed by atoms with Gasteiger partial charge in [0.2, 0.25) is 5.91 Å². The van der Waals surface area contributed by atoms with Gasteiger partial charge in [-0.25, -0.2) is 0 Å². The summed E-state index contributed by atoms with van der Waals surface area (Å²) in [7, 11) is 0. The lowest BCUT2D eigenvalue weighted by Gasteiger charge is -2.20. The molecule has 0 N–H and O–H groups in total. The average molecular weight is 270 g/mol. The minimum Gasteiger partial charge on any atom is -0.341 e. The van der Waals surface area contributed by atoms with Crippen LogP contribution in [0.25, 0.3) is 10.9 Å². The number of nitrogens with zero attached hydrogens (tertiary/aromatic N) is 2. The number of carbonyl (C=O) groups is 1. The van der Waals surface area contributed by atoms with Crippen molar-refractivity contribution in [1.82, 2.24) is 9.47 Å². The summed E-state index contributed by atoms with van der Waals surface area (Å²) in [6.07, 6.45) is 6.92. The van der Waals surface area contributed by atoms with Gasteiger partial charge in [-0.2, -0.15) is 0 Å². The molecule has 20 heavy (non-hydrogen) atoms. The number of aryl methyl sites for hydroxylation is 1. The molecule has 3 heteroatoms. The standard InChI is InChI=1S/C17H22N2O/c1-14-12-19(16-9-5-4-8-15(14)16)13-17(20)18-10-6-2-3-7-11-18/h4-5,8-9,12H,2-3,6-7,10-11,13H2,1H3. The van der Waals surface area contributed by atoms with E-state index in [1.54, 1.807) is 0 Å². The largest absolute Gasteiger partial charge is 0.341 e. The Morgan fingerprint density at radius 3 is 2.55 bits per heavy atom. The van der Waals surface area contributed by atoms with E-state index < -0.39 is 0 Å². The smallest absolute Gasteiger partial charge is 0.242 e. The van der Waals surface area contributed by atoms with Crippen LogP contribution in [-0.2, 0) is 11.3 Å². The van der Waals surface area contributed by atoms with Gasteiger partial charge >= 0.3 is 0 Å². The molecule has 3 nitrogen and oxygen atoms in total. The normalized spacial score (nSPS) is 16.4. The van der Waals surface area contributed by atoms with Gasteiger partial charge in [0.15, 0.2) is 0 Å². The van der Waals surface area contributed by atoms with Crippen molar-refractivity contribution in [1.29, 1.82) is 0 Å². The van der Waals surface area contributed by atoms with E-state index in [9.17, 15) is 4.79 Å². The molecule has 0 radical (unpaired) electrons. The predicted molar refractivity (Wildman–Crippen MR) is 81.7 cm³/mol. The van der Waals surface area contributed by atoms with Crippen LogP contribution in [0.15, 0.2) is 30.5 Å². The first-order valence-electron chi connectivity index (χ1n) is 7.58. The number of carbonyl (C=O) groups excluding carboxylic acids is 1. The minimum absolute atomic E-state index is 0.257. The molecule has 0 spiro atoms. The van der Waals surface area contributed by atoms with Gasteiger partial charge in [0.1, 0.15) is 6.54 Å². The van der Waals surface area contributed by atoms with E-state index in [1.165, 1.54) is 23.8 Å². The number of hydrogen-bond donors (Lipinski definition) is 0. The summed E-state index contributed by atoms with van der Waals surface area (Å²) in [4.78, 5) is 14.5. The first-order chi connectivity index (χ1) is 9.75. The molecule has 0 unspecified atom stereocenters. The van der Waals surface area contributed by atoms with Crippen molar-refractivity contribution in [3.63, 3.8) is 0 Å². The third kappa shape index (κ3) is 2.58. The Hall–Kier alpha value is -1.77. The summed E-state index contributed by atoms with van der Waals surface area (Å²) in [6, 6.07) is 8.31. The van der Waals surface area contributed by atoms with Crippen molar-refractivity contribution in [3.05, 3.63) is 36.0 Å². The van der Waals surface area contributed by atoms with Crippen LogP contribution < -0.4 is 0 Å². The van der Waals surface area contributed by atoms with E-state index >= 15 is 0 Å². The van der Waals surface area contributed by atoms with Crippen LogP contribution in [0.1, 0.15) is 31.2 Å². The number of para-hydroxylation sites is 1. The Labute approximate surface area is 120 Å². The predicted octanol–water partition coefficient (Wildman–Crippen LogP) is 3.35. The lowest BCUT2D eigenvalue weighted by molar-refractivity contribution is -0.131. The Bertz CT molecular complexity index is 606. The molecule has 0 saturated carbocycles. The number of fused-ring (bicyclic) bond motifs is 1. The quantitative estimate of drug-likeness (QED) is 0.821. The zero-order chi connectivity index (χ0) is 13.9. The van der Waals surface area contributed by atoms with Crippen molar-refractivity contribution in [2.24, 2.45) is 0 Å². The molecule has 1 aromatic carbocycles. The molecular formula is C17H22N2O. The number of rotatable bonds is 2. The van der Waals surface area contributed by atoms with Crippen molar-refractivity contribution in [2.75, 3.05) is 13.1 Å². The zero-order valence-corrected chi connectivity index (χ0v) is 12.1. The van der Waals surface area contributed by atoms with Gasteiger partial charge in [-0.15, -0.1) is 0 Å². The number of amides is 1. The molecular weight excluding hydrogens is 248 g/mol. The molecule has 1 aliphatic heterocycles. The van der Waals surface area contributed by atoms with Crippen LogP contribution in [-0.4, -0.2) is 28.5 Å². The number of likely N-dealkylation sites (tertiary alicyclic amines) is 1. The maximum absolute atomic E-state index is 12.5. The summed E-state index contributed by atoms with van der Waals surface area (Å²) >= 11 is 0. The molecule has 106 valence electrons. The van der Waals surface area contributed by atoms with Crippen molar-refractivity contribution >= 4 is 16.8 Å². The van der Waals surface area contributed by atoms with Crippen LogP contribution in [0, 0.1) is 6.92 Å². The van der Waals surface area contributed by atoms with Gasteiger partial charge in [0, 0.05) is 30.2 Å². The molecule has 1 aromatic heterocycles. The summed E-state index contributed by atoms with van der Waals surface area (Å²) in [5.74, 6) is 0.257. The number of benzene rings is 1. The third-order valence-electron chi connectivity index (χ3n) is 4.25. The third-order valence-corrected chi connectivity index (χ3v) is 4.25. The Morgan fingerprint density at radius 2 is 1.80 bits per heavy atom. The fourth-order valence-electron chi connectivity index (χ4n) is 3.13. The summed E-state index contributed by atoms with van der Waals surface area (Å²) in [5, 5.41) is 1.25. The van der Waals surface area contributed by atoms with Crippen molar-refractivity contribution in [3.8, 4) is 0 Å². The fourth-order valence-corrected chi connectivity index (χ4v) is 3.13. The highest BCUT2D eigenvalue weighted by Gasteiger charge is 2.16. The first-order valence-corrected chi connectivity index (χ1v) is 7.58. The molecule has 2 aromatic rings.